The van der Waals surface area contributed by atoms with Crippen LogP contribution in [0.4, 0.5) is 11.4 Å². The normalized spacial score (nSPS) is 17.5. The summed E-state index contributed by atoms with van der Waals surface area (Å²) in [6.45, 7) is 6.21. The van der Waals surface area contributed by atoms with Crippen LogP contribution in [0.15, 0.2) is 18.2 Å². The number of benzene rings is 1. The molecule has 1 aromatic rings. The molecule has 1 heterocycles. The number of hydrogen-bond donors (Lipinski definition) is 2. The van der Waals surface area contributed by atoms with Crippen molar-refractivity contribution in [2.75, 3.05) is 30.3 Å². The van der Waals surface area contributed by atoms with Crippen molar-refractivity contribution in [3.05, 3.63) is 23.8 Å². The second-order valence-corrected chi connectivity index (χ2v) is 5.59. The van der Waals surface area contributed by atoms with Crippen LogP contribution in [0.1, 0.15) is 31.1 Å². The molecule has 3 amide bonds. The highest BCUT2D eigenvalue weighted by atomic mass is 16.5. The average molecular weight is 319 g/mol. The molecule has 7 nitrogen and oxygen atoms in total. The van der Waals surface area contributed by atoms with Crippen molar-refractivity contribution in [3.8, 4) is 0 Å². The first-order chi connectivity index (χ1) is 10.8. The molecule has 23 heavy (non-hydrogen) atoms. The van der Waals surface area contributed by atoms with Gasteiger partial charge in [0.15, 0.2) is 0 Å². The van der Waals surface area contributed by atoms with E-state index in [9.17, 15) is 14.4 Å². The summed E-state index contributed by atoms with van der Waals surface area (Å²) < 4.78 is 5.44. The van der Waals surface area contributed by atoms with Crippen LogP contribution in [0, 0.1) is 0 Å². The monoisotopic (exact) mass is 319 g/mol. The van der Waals surface area contributed by atoms with Crippen LogP contribution in [0.2, 0.25) is 0 Å². The van der Waals surface area contributed by atoms with Crippen molar-refractivity contribution in [3.63, 3.8) is 0 Å². The molecule has 0 radical (unpaired) electrons. The average Bonchev–Trinajstić information content (AvgIpc) is 2.44. The summed E-state index contributed by atoms with van der Waals surface area (Å²) in [5, 5.41) is 5.28. The van der Waals surface area contributed by atoms with Gasteiger partial charge in [0.1, 0.15) is 0 Å². The predicted octanol–water partition coefficient (Wildman–Crippen LogP) is 1.46. The van der Waals surface area contributed by atoms with Crippen molar-refractivity contribution in [1.82, 2.24) is 4.90 Å². The summed E-state index contributed by atoms with van der Waals surface area (Å²) in [6, 6.07) is 4.83. The van der Waals surface area contributed by atoms with Gasteiger partial charge in [-0.1, -0.05) is 0 Å². The van der Waals surface area contributed by atoms with E-state index in [0.717, 1.165) is 0 Å². The summed E-state index contributed by atoms with van der Waals surface area (Å²) in [5.41, 5.74) is 1.34. The molecule has 0 saturated carbocycles. The van der Waals surface area contributed by atoms with E-state index < -0.39 is 0 Å². The van der Waals surface area contributed by atoms with Crippen molar-refractivity contribution in [2.24, 2.45) is 0 Å². The number of anilines is 2. The molecule has 1 aliphatic heterocycles. The fourth-order valence-electron chi connectivity index (χ4n) is 2.49. The summed E-state index contributed by atoms with van der Waals surface area (Å²) in [6.07, 6.45) is -0.0129. The number of nitrogens with zero attached hydrogens (tertiary/aromatic N) is 1. The van der Waals surface area contributed by atoms with E-state index in [-0.39, 0.29) is 23.8 Å². The molecule has 1 saturated heterocycles. The van der Waals surface area contributed by atoms with Gasteiger partial charge in [0.25, 0.3) is 5.91 Å². The minimum atomic E-state index is -0.247. The molecule has 1 aliphatic rings. The number of hydrogen-bond acceptors (Lipinski definition) is 4. The molecule has 0 aliphatic carbocycles. The van der Waals surface area contributed by atoms with E-state index in [2.05, 4.69) is 10.6 Å². The fraction of sp³-hybridized carbons (Fsp3) is 0.438. The van der Waals surface area contributed by atoms with Crippen LogP contribution >= 0.6 is 0 Å². The number of amides is 3. The van der Waals surface area contributed by atoms with Gasteiger partial charge in [-0.15, -0.1) is 0 Å². The Bertz CT molecular complexity index is 596. The van der Waals surface area contributed by atoms with E-state index in [0.29, 0.717) is 36.6 Å². The minimum absolute atomic E-state index is 0.0129. The Morgan fingerprint density at radius 1 is 1.09 bits per heavy atom. The van der Waals surface area contributed by atoms with Crippen LogP contribution in [-0.2, 0) is 14.3 Å². The maximum atomic E-state index is 12.7. The molecule has 0 aromatic heterocycles. The standard InChI is InChI=1S/C16H21N3O4/c1-10-9-19(4-5-23-10)16(22)13-6-14(17-11(2)20)8-15(7-13)18-12(3)21/h6-8,10H,4-5,9H2,1-3H3,(H,17,20)(H,18,21). The van der Waals surface area contributed by atoms with Gasteiger partial charge in [-0.25, -0.2) is 0 Å². The third-order valence-corrected chi connectivity index (χ3v) is 3.35. The van der Waals surface area contributed by atoms with Crippen molar-refractivity contribution in [2.45, 2.75) is 26.9 Å². The first-order valence-corrected chi connectivity index (χ1v) is 7.46. The second kappa shape index (κ2) is 7.23. The van der Waals surface area contributed by atoms with Gasteiger partial charge in [-0.2, -0.15) is 0 Å². The van der Waals surface area contributed by atoms with Gasteiger partial charge in [0, 0.05) is 43.9 Å². The minimum Gasteiger partial charge on any atom is -0.375 e. The van der Waals surface area contributed by atoms with Gasteiger partial charge in [-0.05, 0) is 25.1 Å². The highest BCUT2D eigenvalue weighted by Gasteiger charge is 2.23. The predicted molar refractivity (Wildman–Crippen MR) is 86.4 cm³/mol. The van der Waals surface area contributed by atoms with Gasteiger partial charge >= 0.3 is 0 Å². The third kappa shape index (κ3) is 4.79. The van der Waals surface area contributed by atoms with Crippen LogP contribution in [0.3, 0.4) is 0 Å². The second-order valence-electron chi connectivity index (χ2n) is 5.59. The molecule has 1 unspecified atom stereocenters. The molecule has 124 valence electrons. The summed E-state index contributed by atoms with van der Waals surface area (Å²) in [4.78, 5) is 36.9. The van der Waals surface area contributed by atoms with Crippen LogP contribution in [-0.4, -0.2) is 48.4 Å². The Morgan fingerprint density at radius 3 is 2.13 bits per heavy atom. The maximum Gasteiger partial charge on any atom is 0.254 e. The van der Waals surface area contributed by atoms with Crippen LogP contribution in [0.25, 0.3) is 0 Å². The molecule has 0 bridgehead atoms. The number of ether oxygens (including phenoxy) is 1. The van der Waals surface area contributed by atoms with E-state index in [1.165, 1.54) is 13.8 Å². The van der Waals surface area contributed by atoms with E-state index in [4.69, 9.17) is 4.74 Å². The lowest BCUT2D eigenvalue weighted by atomic mass is 10.1. The van der Waals surface area contributed by atoms with Gasteiger partial charge in [0.2, 0.25) is 11.8 Å². The van der Waals surface area contributed by atoms with Crippen molar-refractivity contribution < 1.29 is 19.1 Å². The van der Waals surface area contributed by atoms with Crippen LogP contribution in [0.5, 0.6) is 0 Å². The Morgan fingerprint density at radius 2 is 1.65 bits per heavy atom. The first kappa shape index (κ1) is 17.0. The van der Waals surface area contributed by atoms with Gasteiger partial charge in [0.05, 0.1) is 12.7 Å². The quantitative estimate of drug-likeness (QED) is 0.883. The van der Waals surface area contributed by atoms with Gasteiger partial charge < -0.3 is 20.3 Å². The zero-order chi connectivity index (χ0) is 17.0. The van der Waals surface area contributed by atoms with E-state index in [1.54, 1.807) is 23.1 Å². The first-order valence-electron chi connectivity index (χ1n) is 7.46. The smallest absolute Gasteiger partial charge is 0.254 e. The number of carbonyl (C=O) groups is 3. The van der Waals surface area contributed by atoms with Crippen molar-refractivity contribution >= 4 is 29.1 Å². The Kier molecular flexibility index (Phi) is 5.33. The van der Waals surface area contributed by atoms with Crippen LogP contribution < -0.4 is 10.6 Å². The highest BCUT2D eigenvalue weighted by Crippen LogP contribution is 2.21. The van der Waals surface area contributed by atoms with Gasteiger partial charge in [-0.3, -0.25) is 14.4 Å². The molecule has 0 spiro atoms. The lowest BCUT2D eigenvalue weighted by Crippen LogP contribution is -2.44. The SMILES string of the molecule is CC(=O)Nc1cc(NC(C)=O)cc(C(=O)N2CCOC(C)C2)c1. The Hall–Kier alpha value is -2.41. The molecule has 2 rings (SSSR count). The zero-order valence-corrected chi connectivity index (χ0v) is 13.5. The number of rotatable bonds is 3. The Labute approximate surface area is 135 Å². The third-order valence-electron chi connectivity index (χ3n) is 3.35. The summed E-state index contributed by atoms with van der Waals surface area (Å²) >= 11 is 0. The van der Waals surface area contributed by atoms with Crippen molar-refractivity contribution in [1.29, 1.82) is 0 Å². The molecular weight excluding hydrogens is 298 g/mol. The molecule has 1 atom stereocenters. The lowest BCUT2D eigenvalue weighted by Gasteiger charge is -2.31. The molecule has 1 aromatic carbocycles. The lowest BCUT2D eigenvalue weighted by molar-refractivity contribution is -0.115. The molecule has 1 fully saturated rings. The number of carbonyl (C=O) groups excluding carboxylic acids is 3. The number of morpholine rings is 1. The van der Waals surface area contributed by atoms with E-state index in [1.807, 2.05) is 6.92 Å². The fourth-order valence-corrected chi connectivity index (χ4v) is 2.49. The zero-order valence-electron chi connectivity index (χ0n) is 13.5. The van der Waals surface area contributed by atoms with E-state index >= 15 is 0 Å². The molecular formula is C16H21N3O4. The topological polar surface area (TPSA) is 87.7 Å². The summed E-state index contributed by atoms with van der Waals surface area (Å²) in [7, 11) is 0. The molecule has 7 heteroatoms. The number of nitrogens with one attached hydrogen (secondary N) is 2. The largest absolute Gasteiger partial charge is 0.375 e. The highest BCUT2D eigenvalue weighted by molar-refractivity contribution is 6.00. The molecule has 2 N–H and O–H groups in total. The maximum absolute atomic E-state index is 12.7. The Balaban J connectivity index is 2.29. The summed E-state index contributed by atoms with van der Waals surface area (Å²) in [5.74, 6) is -0.648.